The van der Waals surface area contributed by atoms with E-state index >= 15 is 0 Å². The van der Waals surface area contributed by atoms with E-state index < -0.39 is 0 Å². The number of amides is 1. The van der Waals surface area contributed by atoms with Crippen molar-refractivity contribution in [2.45, 2.75) is 32.7 Å². The van der Waals surface area contributed by atoms with Gasteiger partial charge in [0.05, 0.1) is 16.7 Å². The average molecular weight is 300 g/mol. The van der Waals surface area contributed by atoms with E-state index in [9.17, 15) is 4.79 Å². The van der Waals surface area contributed by atoms with Crippen molar-refractivity contribution in [1.82, 2.24) is 10.3 Å². The molecule has 0 radical (unpaired) electrons. The first kappa shape index (κ1) is 19.0. The van der Waals surface area contributed by atoms with Gasteiger partial charge in [0.15, 0.2) is 0 Å². The molecule has 3 N–H and O–H groups in total. The molecule has 0 aliphatic carbocycles. The summed E-state index contributed by atoms with van der Waals surface area (Å²) in [4.78, 5) is 15.7. The van der Waals surface area contributed by atoms with Crippen LogP contribution in [0.25, 0.3) is 0 Å². The predicted molar refractivity (Wildman–Crippen MR) is 76.2 cm³/mol. The normalized spacial score (nSPS) is 11.0. The highest BCUT2D eigenvalue weighted by molar-refractivity contribution is 7.09. The molecule has 0 bridgehead atoms. The Morgan fingerprint density at radius 2 is 2.24 bits per heavy atom. The first-order valence-corrected chi connectivity index (χ1v) is 5.99. The molecule has 1 rings (SSSR count). The van der Waals surface area contributed by atoms with Gasteiger partial charge in [0.1, 0.15) is 0 Å². The van der Waals surface area contributed by atoms with E-state index in [0.29, 0.717) is 13.0 Å². The molecule has 0 aromatic carbocycles. The van der Waals surface area contributed by atoms with Gasteiger partial charge in [-0.3, -0.25) is 4.79 Å². The Labute approximate surface area is 118 Å². The van der Waals surface area contributed by atoms with Gasteiger partial charge in [-0.05, 0) is 13.3 Å². The second-order valence-corrected chi connectivity index (χ2v) is 4.29. The number of nitrogens with two attached hydrogens (primary N) is 1. The molecule has 0 spiro atoms. The summed E-state index contributed by atoms with van der Waals surface area (Å²) in [5.41, 5.74) is 6.23. The van der Waals surface area contributed by atoms with Crippen LogP contribution in [0.4, 0.5) is 0 Å². The van der Waals surface area contributed by atoms with Crippen LogP contribution in [0.1, 0.15) is 37.0 Å². The molecule has 0 saturated carbocycles. The third-order valence-corrected chi connectivity index (χ3v) is 3.08. The van der Waals surface area contributed by atoms with Crippen LogP contribution in [-0.2, 0) is 11.2 Å². The molecule has 1 atom stereocenters. The van der Waals surface area contributed by atoms with Crippen molar-refractivity contribution in [1.29, 1.82) is 0 Å². The van der Waals surface area contributed by atoms with Crippen molar-refractivity contribution in [3.63, 3.8) is 0 Å². The van der Waals surface area contributed by atoms with Gasteiger partial charge in [-0.2, -0.15) is 0 Å². The van der Waals surface area contributed by atoms with Gasteiger partial charge < -0.3 is 11.1 Å². The van der Waals surface area contributed by atoms with Crippen LogP contribution in [-0.4, -0.2) is 17.4 Å². The minimum atomic E-state index is -0.0272. The Balaban J connectivity index is 0. The second kappa shape index (κ2) is 9.65. The number of carbonyl (C=O) groups excluding carboxylic acids is 1. The smallest absolute Gasteiger partial charge is 0.221 e. The molecule has 0 saturated heterocycles. The summed E-state index contributed by atoms with van der Waals surface area (Å²) in [7, 11) is 0. The lowest BCUT2D eigenvalue weighted by Crippen LogP contribution is -2.28. The lowest BCUT2D eigenvalue weighted by Gasteiger charge is -2.10. The van der Waals surface area contributed by atoms with Crippen LogP contribution < -0.4 is 11.1 Å². The topological polar surface area (TPSA) is 68.0 Å². The Hall–Kier alpha value is -0.360. The van der Waals surface area contributed by atoms with Crippen molar-refractivity contribution in [2.24, 2.45) is 5.73 Å². The van der Waals surface area contributed by atoms with Crippen LogP contribution in [0.15, 0.2) is 5.38 Å². The van der Waals surface area contributed by atoms with E-state index in [2.05, 4.69) is 17.2 Å². The molecule has 100 valence electrons. The van der Waals surface area contributed by atoms with Gasteiger partial charge in [0.2, 0.25) is 5.91 Å². The monoisotopic (exact) mass is 299 g/mol. The highest BCUT2D eigenvalue weighted by Gasteiger charge is 2.11. The number of carbonyl (C=O) groups is 1. The van der Waals surface area contributed by atoms with Gasteiger partial charge in [0.25, 0.3) is 0 Å². The van der Waals surface area contributed by atoms with Crippen LogP contribution >= 0.6 is 36.2 Å². The lowest BCUT2D eigenvalue weighted by molar-refractivity contribution is -0.121. The molecule has 0 aliphatic heterocycles. The Morgan fingerprint density at radius 1 is 1.59 bits per heavy atom. The second-order valence-electron chi connectivity index (χ2n) is 3.35. The van der Waals surface area contributed by atoms with Crippen molar-refractivity contribution in [2.75, 3.05) is 6.54 Å². The summed E-state index contributed by atoms with van der Waals surface area (Å²) in [6, 6.07) is -0.0272. The van der Waals surface area contributed by atoms with E-state index in [1.807, 2.05) is 12.3 Å². The molecule has 1 aromatic rings. The molecular formula is C10H19Cl2N3OS. The fourth-order valence-electron chi connectivity index (χ4n) is 1.21. The number of halogens is 2. The highest BCUT2D eigenvalue weighted by Crippen LogP contribution is 2.16. The molecular weight excluding hydrogens is 281 g/mol. The van der Waals surface area contributed by atoms with Crippen molar-refractivity contribution in [3.05, 3.63) is 16.1 Å². The van der Waals surface area contributed by atoms with Gasteiger partial charge >= 0.3 is 0 Å². The zero-order valence-corrected chi connectivity index (χ0v) is 12.4. The summed E-state index contributed by atoms with van der Waals surface area (Å²) in [5, 5.41) is 5.95. The maximum atomic E-state index is 11.3. The van der Waals surface area contributed by atoms with Crippen LogP contribution in [0.2, 0.25) is 0 Å². The number of nitrogens with zero attached hydrogens (tertiary/aromatic N) is 1. The summed E-state index contributed by atoms with van der Waals surface area (Å²) >= 11 is 1.63. The molecule has 0 fully saturated rings. The molecule has 4 nitrogen and oxygen atoms in total. The van der Waals surface area contributed by atoms with Crippen LogP contribution in [0.5, 0.6) is 0 Å². The van der Waals surface area contributed by atoms with Crippen molar-refractivity contribution < 1.29 is 4.79 Å². The zero-order valence-electron chi connectivity index (χ0n) is 9.93. The maximum Gasteiger partial charge on any atom is 0.221 e. The summed E-state index contributed by atoms with van der Waals surface area (Å²) in [6.07, 6.45) is 1.31. The molecule has 1 amide bonds. The summed E-state index contributed by atoms with van der Waals surface area (Å²) < 4.78 is 0. The Bertz CT molecular complexity index is 333. The number of rotatable bonds is 5. The van der Waals surface area contributed by atoms with Crippen LogP contribution in [0.3, 0.4) is 0 Å². The SMILES string of the molecule is CCc1nc(C(C)NC(=O)CCN)cs1.Cl.Cl. The fourth-order valence-corrected chi connectivity index (χ4v) is 2.04. The largest absolute Gasteiger partial charge is 0.348 e. The van der Waals surface area contributed by atoms with Gasteiger partial charge in [-0.15, -0.1) is 36.2 Å². The van der Waals surface area contributed by atoms with Crippen molar-refractivity contribution in [3.8, 4) is 0 Å². The number of nitrogens with one attached hydrogen (secondary N) is 1. The van der Waals surface area contributed by atoms with Crippen LogP contribution in [0, 0.1) is 0 Å². The number of aryl methyl sites for hydroxylation is 1. The summed E-state index contributed by atoms with van der Waals surface area (Å²) in [5.74, 6) is -0.0175. The Kier molecular flexibility index (Phi) is 10.8. The van der Waals surface area contributed by atoms with E-state index in [4.69, 9.17) is 5.73 Å². The molecule has 1 aromatic heterocycles. The first-order valence-electron chi connectivity index (χ1n) is 5.11. The summed E-state index contributed by atoms with van der Waals surface area (Å²) in [6.45, 7) is 4.39. The zero-order chi connectivity index (χ0) is 11.3. The molecule has 1 unspecified atom stereocenters. The van der Waals surface area contributed by atoms with Crippen molar-refractivity contribution >= 4 is 42.1 Å². The molecule has 7 heteroatoms. The quantitative estimate of drug-likeness (QED) is 0.875. The number of hydrogen-bond acceptors (Lipinski definition) is 4. The van der Waals surface area contributed by atoms with E-state index in [1.54, 1.807) is 11.3 Å². The minimum Gasteiger partial charge on any atom is -0.348 e. The number of hydrogen-bond donors (Lipinski definition) is 2. The van der Waals surface area contributed by atoms with E-state index in [0.717, 1.165) is 17.1 Å². The number of thiazole rings is 1. The molecule has 17 heavy (non-hydrogen) atoms. The highest BCUT2D eigenvalue weighted by atomic mass is 35.5. The fraction of sp³-hybridized carbons (Fsp3) is 0.600. The van der Waals surface area contributed by atoms with E-state index in [1.165, 1.54) is 0 Å². The molecule has 1 heterocycles. The minimum absolute atomic E-state index is 0. The lowest BCUT2D eigenvalue weighted by atomic mass is 10.2. The number of aromatic nitrogens is 1. The maximum absolute atomic E-state index is 11.3. The third kappa shape index (κ3) is 6.21. The van der Waals surface area contributed by atoms with Gasteiger partial charge in [-0.1, -0.05) is 6.92 Å². The van der Waals surface area contributed by atoms with Gasteiger partial charge in [-0.25, -0.2) is 4.98 Å². The standard InChI is InChI=1S/C10H17N3OS.2ClH/c1-3-10-13-8(6-15-10)7(2)12-9(14)4-5-11;;/h6-7H,3-5,11H2,1-2H3,(H,12,14);2*1H. The Morgan fingerprint density at radius 3 is 2.71 bits per heavy atom. The first-order chi connectivity index (χ1) is 7.17. The van der Waals surface area contributed by atoms with Gasteiger partial charge in [0, 0.05) is 18.3 Å². The third-order valence-electron chi connectivity index (χ3n) is 2.06. The molecule has 0 aliphatic rings. The predicted octanol–water partition coefficient (Wildman–Crippen LogP) is 2.08. The van der Waals surface area contributed by atoms with E-state index in [-0.39, 0.29) is 36.8 Å². The average Bonchev–Trinajstić information content (AvgIpc) is 2.66.